The van der Waals surface area contributed by atoms with Crippen LogP contribution in [0.25, 0.3) is 28.8 Å². The maximum absolute atomic E-state index is 9.24. The van der Waals surface area contributed by atoms with Crippen LogP contribution in [0.2, 0.25) is 5.02 Å². The predicted molar refractivity (Wildman–Crippen MR) is 338 cm³/mol. The van der Waals surface area contributed by atoms with Crippen molar-refractivity contribution in [2.24, 2.45) is 0 Å². The molecule has 1 saturated carbocycles. The molecule has 1 fully saturated rings. The summed E-state index contributed by atoms with van der Waals surface area (Å²) in [5.41, 5.74) is 7.65. The van der Waals surface area contributed by atoms with E-state index in [4.69, 9.17) is 52.1 Å². The largest absolute Gasteiger partial charge is 0.513 e. The summed E-state index contributed by atoms with van der Waals surface area (Å²) in [7, 11) is 1.60. The Hall–Kier alpha value is 3.74. The molecule has 9 nitrogen and oxygen atoms in total. The molecule has 0 atom stereocenters. The van der Waals surface area contributed by atoms with Gasteiger partial charge >= 0.3 is 0 Å². The van der Waals surface area contributed by atoms with E-state index in [-0.39, 0.29) is 376 Å². The van der Waals surface area contributed by atoms with Crippen molar-refractivity contribution in [1.82, 2.24) is 0 Å². The van der Waals surface area contributed by atoms with Crippen LogP contribution in [0, 0.1) is 352 Å². The predicted octanol–water partition coefficient (Wildman–Crippen LogP) is 20.9. The van der Waals surface area contributed by atoms with Crippen molar-refractivity contribution < 1.29 is 398 Å². The molecule has 8 rings (SSSR count). The molecule has 446 valence electrons. The fourth-order valence-electron chi connectivity index (χ4n) is 6.89. The Labute approximate surface area is 820 Å². The normalized spacial score (nSPS) is 10.7. The van der Waals surface area contributed by atoms with Crippen LogP contribution in [-0.4, -0.2) is 48.0 Å². The minimum Gasteiger partial charge on any atom is -0.513 e. The Morgan fingerprint density at radius 2 is 0.920 bits per heavy atom. The van der Waals surface area contributed by atoms with E-state index >= 15 is 0 Å². The summed E-state index contributed by atoms with van der Waals surface area (Å²) in [4.78, 5) is 0. The van der Waals surface area contributed by atoms with Crippen LogP contribution in [-0.2, 0) is 12.8 Å². The van der Waals surface area contributed by atoms with Gasteiger partial charge in [0.15, 0.2) is 0 Å². The van der Waals surface area contributed by atoms with Gasteiger partial charge in [0, 0.05) is 390 Å². The van der Waals surface area contributed by atoms with E-state index in [0.717, 1.165) is 59.0 Å². The molecular formula is C68H82Ac8BrClO9. The number of aliphatic hydroxyl groups is 8. The standard InChI is InChI=1S/C10H12O.C9H10O2.C9H8O.C8H7BrO.C8H7ClO.C8H14O.C8H8O.C8H16O.8Ac/c1-9(11)7-8-10-5-3-2-4-6-10;1-7(10)8-3-5-9(11-2)6-4-8;10-9-6-5-7-3-1-2-4-8(7)9;2*1-6(10)7-2-4-8(9)5-3-7;2*1-7(9)8-5-3-2-4-6-8;1-3-4-5-6-7-8(2)9;;;;;;;;/h2-7,11H,8H2,1H3;3-6,10H,1H2,2H3;1-4,6,10H,5H2;2*2-5,10H,1H2;9H,2-6H2,1H3;2-6,9H,1H2;7,9H,3-6H2,1-2H3;;;;;;;;/b9-7-;;;;;;;8-7-;;;;;;;;. The Balaban J connectivity index is -0.000000135. The maximum atomic E-state index is 9.24. The van der Waals surface area contributed by atoms with Crippen molar-refractivity contribution in [2.45, 2.75) is 98.3 Å². The molecule has 2 aliphatic rings. The molecule has 0 heterocycles. The number of unbranched alkanes of at least 4 members (excludes halogenated alkanes) is 3. The Morgan fingerprint density at radius 3 is 1.30 bits per heavy atom. The second kappa shape index (κ2) is 68.3. The molecule has 6 aromatic rings. The van der Waals surface area contributed by atoms with E-state index in [9.17, 15) is 5.11 Å². The fourth-order valence-corrected chi connectivity index (χ4v) is 7.28. The van der Waals surface area contributed by atoms with E-state index in [2.05, 4.69) is 49.2 Å². The van der Waals surface area contributed by atoms with Crippen molar-refractivity contribution in [1.29, 1.82) is 0 Å². The van der Waals surface area contributed by atoms with E-state index in [0.29, 0.717) is 39.2 Å². The zero-order valence-corrected chi connectivity index (χ0v) is 91.5. The number of aliphatic hydroxyl groups excluding tert-OH is 8. The molecule has 8 N–H and O–H groups in total. The number of ether oxygens (including phenoxy) is 1. The van der Waals surface area contributed by atoms with Gasteiger partial charge in [-0.2, -0.15) is 0 Å². The summed E-state index contributed by atoms with van der Waals surface area (Å²) in [6.07, 6.45) is 18.1. The summed E-state index contributed by atoms with van der Waals surface area (Å²) < 4.78 is 5.94. The number of methoxy groups -OCH3 is 1. The summed E-state index contributed by atoms with van der Waals surface area (Å²) in [6.45, 7) is 20.9. The molecule has 0 bridgehead atoms. The van der Waals surface area contributed by atoms with Crippen LogP contribution in [0.4, 0.5) is 0 Å². The first kappa shape index (κ1) is 107. The third kappa shape index (κ3) is 56.3. The molecule has 0 spiro atoms. The van der Waals surface area contributed by atoms with Crippen LogP contribution in [0.5, 0.6) is 5.75 Å². The molecule has 19 heteroatoms. The van der Waals surface area contributed by atoms with Crippen molar-refractivity contribution >= 4 is 56.3 Å². The van der Waals surface area contributed by atoms with Gasteiger partial charge in [-0.3, -0.25) is 0 Å². The van der Waals surface area contributed by atoms with Gasteiger partial charge in [0.1, 0.15) is 34.5 Å². The average Bonchev–Trinajstić information content (AvgIpc) is 3.83. The van der Waals surface area contributed by atoms with E-state index < -0.39 is 0 Å². The van der Waals surface area contributed by atoms with E-state index in [1.54, 1.807) is 94.6 Å². The SMILES string of the molecule is C/C(O)=C/Cc1ccccc1.C=C(O)c1ccc(Br)cc1.C=C(O)c1ccc(Cl)cc1.C=C(O)c1ccc(OC)cc1.C=C(O)c1ccccc1.CC(O)=C1CCCCC1.CCCCC/C=C(/C)O.OC1=CCc2ccccc21.[Ac].[Ac].[Ac].[Ac].[Ac].[Ac].[Ac].[Ac]. The quantitative estimate of drug-likeness (QED) is 0.0465. The van der Waals surface area contributed by atoms with Gasteiger partial charge in [0.2, 0.25) is 0 Å². The molecule has 6 aromatic carbocycles. The summed E-state index contributed by atoms with van der Waals surface area (Å²) in [6, 6.07) is 48.4. The third-order valence-corrected chi connectivity index (χ3v) is 12.2. The molecule has 0 aliphatic heterocycles. The number of halogens is 2. The zero-order chi connectivity index (χ0) is 59.0. The summed E-state index contributed by atoms with van der Waals surface area (Å²) >= 11 is 8.89. The van der Waals surface area contributed by atoms with E-state index in [1.807, 2.05) is 109 Å². The minimum atomic E-state index is 0. The first-order chi connectivity index (χ1) is 37.7. The fraction of sp³-hybridized carbons (Fsp3) is 0.235. The van der Waals surface area contributed by atoms with Crippen LogP contribution in [0.3, 0.4) is 0 Å². The van der Waals surface area contributed by atoms with Gasteiger partial charge in [-0.15, -0.1) is 0 Å². The maximum Gasteiger partial charge on any atom is 0.119 e. The van der Waals surface area contributed by atoms with Gasteiger partial charge in [0.05, 0.1) is 24.4 Å². The van der Waals surface area contributed by atoms with Crippen molar-refractivity contribution in [3.63, 3.8) is 0 Å². The number of allylic oxidation sites excluding steroid dienone is 7. The van der Waals surface area contributed by atoms with Crippen molar-refractivity contribution in [2.75, 3.05) is 7.11 Å². The van der Waals surface area contributed by atoms with Crippen LogP contribution in [0.1, 0.15) is 124 Å². The molecule has 87 heavy (non-hydrogen) atoms. The molecular weight excluding hydrogens is 2890 g/mol. The summed E-state index contributed by atoms with van der Waals surface area (Å²) in [5.74, 6) is 2.97. The molecule has 0 saturated heterocycles. The second-order valence-corrected chi connectivity index (χ2v) is 19.3. The number of benzene rings is 6. The molecule has 8 radical (unpaired) electrons. The molecule has 0 amide bonds. The topological polar surface area (TPSA) is 171 Å². The minimum absolute atomic E-state index is 0. The second-order valence-electron chi connectivity index (χ2n) is 18.0. The van der Waals surface area contributed by atoms with Crippen molar-refractivity contribution in [3.05, 3.63) is 274 Å². The van der Waals surface area contributed by atoms with E-state index in [1.165, 1.54) is 55.2 Å². The summed E-state index contributed by atoms with van der Waals surface area (Å²) in [5, 5.41) is 72.1. The molecule has 0 aromatic heterocycles. The molecule has 2 aliphatic carbocycles. The number of hydrogen-bond donors (Lipinski definition) is 8. The van der Waals surface area contributed by atoms with Crippen molar-refractivity contribution in [3.8, 4) is 5.75 Å². The van der Waals surface area contributed by atoms with Crippen LogP contribution < -0.4 is 4.74 Å². The van der Waals surface area contributed by atoms with Gasteiger partial charge in [-0.25, -0.2) is 0 Å². The number of hydrogen-bond acceptors (Lipinski definition) is 9. The van der Waals surface area contributed by atoms with Gasteiger partial charge in [0.25, 0.3) is 0 Å². The third-order valence-electron chi connectivity index (χ3n) is 11.4. The first-order valence-electron chi connectivity index (χ1n) is 26.0. The Kier molecular flexibility index (Phi) is 83.8. The number of fused-ring (bicyclic) bond motifs is 1. The van der Waals surface area contributed by atoms with Gasteiger partial charge in [-0.1, -0.05) is 177 Å². The monoisotopic (exact) mass is 2970 g/mol. The zero-order valence-electron chi connectivity index (χ0n) is 51.2. The van der Waals surface area contributed by atoms with Gasteiger partial charge < -0.3 is 45.6 Å². The first-order valence-corrected chi connectivity index (χ1v) is 27.2. The molecule has 0 unspecified atom stereocenters. The van der Waals surface area contributed by atoms with Crippen LogP contribution >= 0.6 is 27.5 Å². The van der Waals surface area contributed by atoms with Crippen LogP contribution in [0.15, 0.2) is 230 Å². The smallest absolute Gasteiger partial charge is 0.119 e. The van der Waals surface area contributed by atoms with Gasteiger partial charge in [-0.05, 0) is 168 Å². The Morgan fingerprint density at radius 1 is 0.517 bits per heavy atom. The Bertz CT molecular complexity index is 2780. The average molecular weight is 2970 g/mol. The number of rotatable bonds is 11.